The summed E-state index contributed by atoms with van der Waals surface area (Å²) in [6.07, 6.45) is 0. The van der Waals surface area contributed by atoms with Crippen LogP contribution in [0.1, 0.15) is 22.0 Å². The summed E-state index contributed by atoms with van der Waals surface area (Å²) in [6.45, 7) is 2.23. The van der Waals surface area contributed by atoms with E-state index in [0.717, 1.165) is 18.8 Å². The molecular weight excluding hydrogens is 276 g/mol. The summed E-state index contributed by atoms with van der Waals surface area (Å²) in [5.74, 6) is 0.837. The fraction of sp³-hybridized carbons (Fsp3) is 0.278. The van der Waals surface area contributed by atoms with E-state index >= 15 is 0 Å². The molecule has 22 heavy (non-hydrogen) atoms. The van der Waals surface area contributed by atoms with E-state index in [4.69, 9.17) is 4.74 Å². The number of nitrogens with one attached hydrogen (secondary N) is 1. The van der Waals surface area contributed by atoms with E-state index in [1.54, 1.807) is 7.11 Å². The van der Waals surface area contributed by atoms with Crippen LogP contribution in [0.5, 0.6) is 5.75 Å². The largest absolute Gasteiger partial charge is 0.497 e. The van der Waals surface area contributed by atoms with Gasteiger partial charge in [0.15, 0.2) is 0 Å². The zero-order valence-corrected chi connectivity index (χ0v) is 12.7. The minimum absolute atomic E-state index is 0.0742. The highest BCUT2D eigenvalue weighted by Crippen LogP contribution is 2.19. The van der Waals surface area contributed by atoms with Crippen LogP contribution in [0.15, 0.2) is 54.6 Å². The maximum Gasteiger partial charge on any atom is 0.253 e. The van der Waals surface area contributed by atoms with E-state index in [1.165, 1.54) is 5.56 Å². The molecule has 0 spiro atoms. The molecule has 0 aliphatic carbocycles. The zero-order valence-electron chi connectivity index (χ0n) is 12.7. The maximum absolute atomic E-state index is 12.6. The predicted octanol–water partition coefficient (Wildman–Crippen LogP) is 2.48. The number of carbonyl (C=O) groups is 1. The standard InChI is InChI=1S/C18H20N2O2/c1-22-16-9-7-15(8-10-16)18(21)20-12-11-19-17(13-20)14-5-3-2-4-6-14/h2-10,17,19H,11-13H2,1H3. The van der Waals surface area contributed by atoms with Gasteiger partial charge >= 0.3 is 0 Å². The molecular formula is C18H20N2O2. The van der Waals surface area contributed by atoms with Crippen molar-refractivity contribution in [2.75, 3.05) is 26.7 Å². The van der Waals surface area contributed by atoms with E-state index in [2.05, 4.69) is 17.4 Å². The third kappa shape index (κ3) is 3.12. The smallest absolute Gasteiger partial charge is 0.253 e. The third-order valence-corrected chi connectivity index (χ3v) is 4.00. The average molecular weight is 296 g/mol. The van der Waals surface area contributed by atoms with Gasteiger partial charge in [0.2, 0.25) is 0 Å². The molecule has 0 aromatic heterocycles. The Bertz CT molecular complexity index is 625. The lowest BCUT2D eigenvalue weighted by Crippen LogP contribution is -2.48. The molecule has 0 saturated carbocycles. The molecule has 1 aliphatic rings. The number of benzene rings is 2. The van der Waals surface area contributed by atoms with Gasteiger partial charge in [-0.1, -0.05) is 30.3 Å². The highest BCUT2D eigenvalue weighted by atomic mass is 16.5. The number of hydrogen-bond donors (Lipinski definition) is 1. The summed E-state index contributed by atoms with van der Waals surface area (Å²) >= 11 is 0. The van der Waals surface area contributed by atoms with Crippen LogP contribution in [-0.2, 0) is 0 Å². The van der Waals surface area contributed by atoms with Crippen molar-refractivity contribution in [3.63, 3.8) is 0 Å². The van der Waals surface area contributed by atoms with Gasteiger partial charge < -0.3 is 15.0 Å². The normalized spacial score (nSPS) is 18.0. The Morgan fingerprint density at radius 1 is 1.14 bits per heavy atom. The number of rotatable bonds is 3. The number of carbonyl (C=O) groups excluding carboxylic acids is 1. The van der Waals surface area contributed by atoms with Gasteiger partial charge in [-0.2, -0.15) is 0 Å². The molecule has 2 aromatic carbocycles. The number of nitrogens with zero attached hydrogens (tertiary/aromatic N) is 1. The number of methoxy groups -OCH3 is 1. The number of piperazine rings is 1. The molecule has 4 nitrogen and oxygen atoms in total. The van der Waals surface area contributed by atoms with E-state index in [1.807, 2.05) is 47.4 Å². The van der Waals surface area contributed by atoms with Gasteiger partial charge in [-0.05, 0) is 29.8 Å². The highest BCUT2D eigenvalue weighted by molar-refractivity contribution is 5.94. The molecule has 1 unspecified atom stereocenters. The van der Waals surface area contributed by atoms with Crippen molar-refractivity contribution < 1.29 is 9.53 Å². The Morgan fingerprint density at radius 3 is 2.55 bits per heavy atom. The first-order valence-electron chi connectivity index (χ1n) is 7.49. The summed E-state index contributed by atoms with van der Waals surface area (Å²) in [6, 6.07) is 17.7. The molecule has 3 rings (SSSR count). The SMILES string of the molecule is COc1ccc(C(=O)N2CCNC(c3ccccc3)C2)cc1. The summed E-state index contributed by atoms with van der Waals surface area (Å²) < 4.78 is 5.13. The summed E-state index contributed by atoms with van der Waals surface area (Å²) in [4.78, 5) is 14.5. The summed E-state index contributed by atoms with van der Waals surface area (Å²) in [5.41, 5.74) is 1.92. The zero-order chi connectivity index (χ0) is 15.4. The quantitative estimate of drug-likeness (QED) is 0.946. The Hall–Kier alpha value is -2.33. The molecule has 1 N–H and O–H groups in total. The van der Waals surface area contributed by atoms with Crippen molar-refractivity contribution in [2.45, 2.75) is 6.04 Å². The predicted molar refractivity (Wildman–Crippen MR) is 86.1 cm³/mol. The highest BCUT2D eigenvalue weighted by Gasteiger charge is 2.24. The second-order valence-corrected chi connectivity index (χ2v) is 5.40. The average Bonchev–Trinajstić information content (AvgIpc) is 2.62. The maximum atomic E-state index is 12.6. The lowest BCUT2D eigenvalue weighted by atomic mass is 10.0. The molecule has 0 bridgehead atoms. The van der Waals surface area contributed by atoms with Crippen LogP contribution in [0.3, 0.4) is 0 Å². The summed E-state index contributed by atoms with van der Waals surface area (Å²) in [7, 11) is 1.62. The van der Waals surface area contributed by atoms with E-state index in [9.17, 15) is 4.79 Å². The van der Waals surface area contributed by atoms with Crippen molar-refractivity contribution in [1.82, 2.24) is 10.2 Å². The molecule has 0 radical (unpaired) electrons. The van der Waals surface area contributed by atoms with Crippen LogP contribution in [0.2, 0.25) is 0 Å². The van der Waals surface area contributed by atoms with Crippen LogP contribution in [0.4, 0.5) is 0 Å². The van der Waals surface area contributed by atoms with Crippen molar-refractivity contribution in [2.24, 2.45) is 0 Å². The van der Waals surface area contributed by atoms with Gasteiger partial charge in [-0.15, -0.1) is 0 Å². The van der Waals surface area contributed by atoms with E-state index < -0.39 is 0 Å². The molecule has 2 aromatic rings. The first kappa shape index (κ1) is 14.6. The Labute approximate surface area is 130 Å². The molecule has 1 saturated heterocycles. The second kappa shape index (κ2) is 6.62. The van der Waals surface area contributed by atoms with Crippen LogP contribution >= 0.6 is 0 Å². The lowest BCUT2D eigenvalue weighted by molar-refractivity contribution is 0.0703. The second-order valence-electron chi connectivity index (χ2n) is 5.40. The number of amides is 1. The van der Waals surface area contributed by atoms with Gasteiger partial charge in [-0.3, -0.25) is 4.79 Å². The van der Waals surface area contributed by atoms with Crippen LogP contribution in [0, 0.1) is 0 Å². The molecule has 1 aliphatic heterocycles. The van der Waals surface area contributed by atoms with Crippen LogP contribution < -0.4 is 10.1 Å². The van der Waals surface area contributed by atoms with Crippen LogP contribution in [-0.4, -0.2) is 37.6 Å². The Morgan fingerprint density at radius 2 is 1.86 bits per heavy atom. The minimum atomic E-state index is 0.0742. The molecule has 1 fully saturated rings. The van der Waals surface area contributed by atoms with Crippen molar-refractivity contribution >= 4 is 5.91 Å². The Kier molecular flexibility index (Phi) is 4.39. The number of ether oxygens (including phenoxy) is 1. The monoisotopic (exact) mass is 296 g/mol. The molecule has 4 heteroatoms. The molecule has 114 valence electrons. The van der Waals surface area contributed by atoms with Gasteiger partial charge in [0.05, 0.1) is 7.11 Å². The van der Waals surface area contributed by atoms with Crippen LogP contribution in [0.25, 0.3) is 0 Å². The lowest BCUT2D eigenvalue weighted by Gasteiger charge is -2.34. The van der Waals surface area contributed by atoms with Crippen molar-refractivity contribution in [3.05, 3.63) is 65.7 Å². The van der Waals surface area contributed by atoms with Crippen molar-refractivity contribution in [3.8, 4) is 5.75 Å². The van der Waals surface area contributed by atoms with Gasteiger partial charge in [-0.25, -0.2) is 0 Å². The Balaban J connectivity index is 1.72. The topological polar surface area (TPSA) is 41.6 Å². The first-order chi connectivity index (χ1) is 10.8. The summed E-state index contributed by atoms with van der Waals surface area (Å²) in [5, 5.41) is 3.48. The van der Waals surface area contributed by atoms with E-state index in [-0.39, 0.29) is 11.9 Å². The molecule has 1 amide bonds. The molecule has 1 atom stereocenters. The van der Waals surface area contributed by atoms with Crippen molar-refractivity contribution in [1.29, 1.82) is 0 Å². The number of hydrogen-bond acceptors (Lipinski definition) is 3. The third-order valence-electron chi connectivity index (χ3n) is 4.00. The van der Waals surface area contributed by atoms with Gasteiger partial charge in [0.25, 0.3) is 5.91 Å². The first-order valence-corrected chi connectivity index (χ1v) is 7.49. The van der Waals surface area contributed by atoms with Gasteiger partial charge in [0.1, 0.15) is 5.75 Å². The minimum Gasteiger partial charge on any atom is -0.497 e. The fourth-order valence-corrected chi connectivity index (χ4v) is 2.76. The fourth-order valence-electron chi connectivity index (χ4n) is 2.76. The van der Waals surface area contributed by atoms with Gasteiger partial charge in [0, 0.05) is 31.2 Å². The van der Waals surface area contributed by atoms with E-state index in [0.29, 0.717) is 12.1 Å². The molecule has 1 heterocycles.